The van der Waals surface area contributed by atoms with E-state index in [9.17, 15) is 0 Å². The molecule has 0 radical (unpaired) electrons. The van der Waals surface area contributed by atoms with Crippen molar-refractivity contribution in [3.05, 3.63) is 29.6 Å². The molecule has 0 bridgehead atoms. The van der Waals surface area contributed by atoms with E-state index in [2.05, 4.69) is 32.9 Å². The SMILES string of the molecule is CCc1cc2n(n1)Cc1nncn1CC2. The highest BCUT2D eigenvalue weighted by atomic mass is 15.3. The van der Waals surface area contributed by atoms with Gasteiger partial charge in [-0.2, -0.15) is 5.10 Å². The lowest BCUT2D eigenvalue weighted by Gasteiger charge is -1.99. The van der Waals surface area contributed by atoms with Gasteiger partial charge in [-0.25, -0.2) is 0 Å². The van der Waals surface area contributed by atoms with Crippen LogP contribution in [0.4, 0.5) is 0 Å². The number of rotatable bonds is 1. The van der Waals surface area contributed by atoms with Crippen LogP contribution >= 0.6 is 0 Å². The predicted octanol–water partition coefficient (Wildman–Crippen LogP) is 0.641. The summed E-state index contributed by atoms with van der Waals surface area (Å²) in [4.78, 5) is 0. The molecule has 0 fully saturated rings. The summed E-state index contributed by atoms with van der Waals surface area (Å²) in [7, 11) is 0. The largest absolute Gasteiger partial charge is 0.316 e. The summed E-state index contributed by atoms with van der Waals surface area (Å²) in [5.74, 6) is 1.000. The van der Waals surface area contributed by atoms with Gasteiger partial charge in [0.25, 0.3) is 0 Å². The van der Waals surface area contributed by atoms with E-state index < -0.39 is 0 Å². The molecule has 78 valence electrons. The number of aryl methyl sites for hydroxylation is 3. The fraction of sp³-hybridized carbons (Fsp3) is 0.500. The minimum atomic E-state index is 0.745. The van der Waals surface area contributed by atoms with Crippen molar-refractivity contribution in [2.45, 2.75) is 32.9 Å². The van der Waals surface area contributed by atoms with E-state index in [-0.39, 0.29) is 0 Å². The Labute approximate surface area is 87.7 Å². The molecular weight excluding hydrogens is 190 g/mol. The van der Waals surface area contributed by atoms with Crippen LogP contribution in [0.5, 0.6) is 0 Å². The predicted molar refractivity (Wildman–Crippen MR) is 54.4 cm³/mol. The molecule has 0 spiro atoms. The molecule has 2 aromatic rings. The second kappa shape index (κ2) is 3.18. The first-order valence-electron chi connectivity index (χ1n) is 5.29. The lowest BCUT2D eigenvalue weighted by Crippen LogP contribution is -2.06. The Morgan fingerprint density at radius 1 is 1.47 bits per heavy atom. The van der Waals surface area contributed by atoms with Crippen molar-refractivity contribution in [1.82, 2.24) is 24.5 Å². The lowest BCUT2D eigenvalue weighted by atomic mass is 10.2. The normalized spacial score (nSPS) is 14.5. The molecule has 0 atom stereocenters. The summed E-state index contributed by atoms with van der Waals surface area (Å²) in [6.07, 6.45) is 3.80. The van der Waals surface area contributed by atoms with Gasteiger partial charge in [0.1, 0.15) is 12.9 Å². The average Bonchev–Trinajstić information content (AvgIpc) is 2.81. The molecule has 0 aliphatic carbocycles. The van der Waals surface area contributed by atoms with E-state index in [1.807, 2.05) is 4.68 Å². The Balaban J connectivity index is 2.02. The van der Waals surface area contributed by atoms with Gasteiger partial charge in [0.05, 0.1) is 5.69 Å². The van der Waals surface area contributed by atoms with E-state index in [1.165, 1.54) is 5.69 Å². The Bertz CT molecular complexity index is 482. The molecule has 3 heterocycles. The Hall–Kier alpha value is -1.65. The smallest absolute Gasteiger partial charge is 0.154 e. The standard InChI is InChI=1S/C10H13N5/c1-2-8-5-9-3-4-14-7-11-12-10(14)6-15(9)13-8/h5,7H,2-4,6H2,1H3. The fourth-order valence-corrected chi connectivity index (χ4v) is 1.98. The fourth-order valence-electron chi connectivity index (χ4n) is 1.98. The highest BCUT2D eigenvalue weighted by Crippen LogP contribution is 2.13. The second-order valence-electron chi connectivity index (χ2n) is 3.83. The van der Waals surface area contributed by atoms with Crippen LogP contribution in [-0.2, 0) is 25.9 Å². The Morgan fingerprint density at radius 2 is 2.40 bits per heavy atom. The zero-order chi connectivity index (χ0) is 10.3. The molecule has 3 rings (SSSR count). The number of hydrogen-bond donors (Lipinski definition) is 0. The molecule has 0 saturated heterocycles. The molecule has 0 unspecified atom stereocenters. The van der Waals surface area contributed by atoms with Gasteiger partial charge in [-0.3, -0.25) is 4.68 Å². The number of nitrogens with zero attached hydrogens (tertiary/aromatic N) is 5. The van der Waals surface area contributed by atoms with Crippen molar-refractivity contribution in [2.24, 2.45) is 0 Å². The summed E-state index contributed by atoms with van der Waals surface area (Å²) in [6.45, 7) is 3.83. The molecule has 1 aliphatic heterocycles. The lowest BCUT2D eigenvalue weighted by molar-refractivity contribution is 0.628. The van der Waals surface area contributed by atoms with Crippen molar-refractivity contribution in [1.29, 1.82) is 0 Å². The number of aromatic nitrogens is 5. The van der Waals surface area contributed by atoms with Crippen LogP contribution in [0.1, 0.15) is 24.1 Å². The van der Waals surface area contributed by atoms with Crippen molar-refractivity contribution in [3.8, 4) is 0 Å². The van der Waals surface area contributed by atoms with Crippen LogP contribution in [0, 0.1) is 0 Å². The quantitative estimate of drug-likeness (QED) is 0.683. The second-order valence-corrected chi connectivity index (χ2v) is 3.83. The first kappa shape index (κ1) is 8.64. The van der Waals surface area contributed by atoms with Crippen molar-refractivity contribution >= 4 is 0 Å². The summed E-state index contributed by atoms with van der Waals surface area (Å²) in [5, 5.41) is 12.6. The van der Waals surface area contributed by atoms with Gasteiger partial charge in [0.2, 0.25) is 0 Å². The van der Waals surface area contributed by atoms with Crippen LogP contribution in [-0.4, -0.2) is 24.5 Å². The van der Waals surface area contributed by atoms with E-state index in [0.29, 0.717) is 0 Å². The third-order valence-corrected chi connectivity index (χ3v) is 2.87. The zero-order valence-corrected chi connectivity index (χ0v) is 8.72. The third-order valence-electron chi connectivity index (χ3n) is 2.87. The molecular formula is C10H13N5. The Kier molecular flexibility index (Phi) is 1.83. The molecule has 2 aromatic heterocycles. The molecule has 0 amide bonds. The van der Waals surface area contributed by atoms with Gasteiger partial charge in [0.15, 0.2) is 5.82 Å². The number of fused-ring (bicyclic) bond motifs is 2. The first-order valence-corrected chi connectivity index (χ1v) is 5.29. The van der Waals surface area contributed by atoms with Gasteiger partial charge >= 0.3 is 0 Å². The van der Waals surface area contributed by atoms with Crippen LogP contribution in [0.3, 0.4) is 0 Å². The van der Waals surface area contributed by atoms with Crippen LogP contribution in [0.2, 0.25) is 0 Å². The molecule has 5 heteroatoms. The van der Waals surface area contributed by atoms with Gasteiger partial charge in [-0.15, -0.1) is 10.2 Å². The minimum Gasteiger partial charge on any atom is -0.316 e. The van der Waals surface area contributed by atoms with E-state index >= 15 is 0 Å². The molecule has 5 nitrogen and oxygen atoms in total. The van der Waals surface area contributed by atoms with Gasteiger partial charge in [-0.1, -0.05) is 6.92 Å². The van der Waals surface area contributed by atoms with Crippen molar-refractivity contribution in [3.63, 3.8) is 0 Å². The van der Waals surface area contributed by atoms with Crippen LogP contribution in [0.25, 0.3) is 0 Å². The highest BCUT2D eigenvalue weighted by Gasteiger charge is 2.15. The maximum atomic E-state index is 4.54. The summed E-state index contributed by atoms with van der Waals surface area (Å²) in [6, 6.07) is 2.19. The minimum absolute atomic E-state index is 0.745. The molecule has 0 N–H and O–H groups in total. The maximum absolute atomic E-state index is 4.54. The molecule has 1 aliphatic rings. The van der Waals surface area contributed by atoms with Crippen molar-refractivity contribution in [2.75, 3.05) is 0 Å². The monoisotopic (exact) mass is 203 g/mol. The maximum Gasteiger partial charge on any atom is 0.154 e. The van der Waals surface area contributed by atoms with Gasteiger partial charge in [0, 0.05) is 18.7 Å². The highest BCUT2D eigenvalue weighted by molar-refractivity contribution is 5.13. The first-order chi connectivity index (χ1) is 7.36. The van der Waals surface area contributed by atoms with Gasteiger partial charge in [-0.05, 0) is 12.5 Å². The molecule has 0 saturated carbocycles. The van der Waals surface area contributed by atoms with E-state index in [4.69, 9.17) is 0 Å². The van der Waals surface area contributed by atoms with Crippen LogP contribution in [0.15, 0.2) is 12.4 Å². The van der Waals surface area contributed by atoms with E-state index in [0.717, 1.165) is 37.4 Å². The molecule has 15 heavy (non-hydrogen) atoms. The van der Waals surface area contributed by atoms with E-state index in [1.54, 1.807) is 6.33 Å². The van der Waals surface area contributed by atoms with Crippen molar-refractivity contribution < 1.29 is 0 Å². The Morgan fingerprint density at radius 3 is 3.27 bits per heavy atom. The average molecular weight is 203 g/mol. The number of hydrogen-bond acceptors (Lipinski definition) is 3. The molecule has 0 aromatic carbocycles. The van der Waals surface area contributed by atoms with Crippen LogP contribution < -0.4 is 0 Å². The third kappa shape index (κ3) is 1.35. The summed E-state index contributed by atoms with van der Waals surface area (Å²) < 4.78 is 4.15. The summed E-state index contributed by atoms with van der Waals surface area (Å²) in [5.41, 5.74) is 2.47. The zero-order valence-electron chi connectivity index (χ0n) is 8.72. The van der Waals surface area contributed by atoms with Gasteiger partial charge < -0.3 is 4.57 Å². The summed E-state index contributed by atoms with van der Waals surface area (Å²) >= 11 is 0. The topological polar surface area (TPSA) is 48.5 Å².